The Hall–Kier alpha value is -1.68. The van der Waals surface area contributed by atoms with Gasteiger partial charge >= 0.3 is 0 Å². The van der Waals surface area contributed by atoms with Gasteiger partial charge in [0.15, 0.2) is 0 Å². The molecule has 0 bridgehead atoms. The molecule has 0 aliphatic carbocycles. The molecule has 1 aromatic carbocycles. The third-order valence-corrected chi connectivity index (χ3v) is 3.06. The van der Waals surface area contributed by atoms with Crippen molar-refractivity contribution >= 4 is 17.4 Å². The zero-order valence-corrected chi connectivity index (χ0v) is 11.6. The average molecular weight is 280 g/mol. The Morgan fingerprint density at radius 2 is 2.11 bits per heavy atom. The smallest absolute Gasteiger partial charge is 0.138 e. The lowest BCUT2D eigenvalue weighted by Crippen LogP contribution is -2.07. The molecule has 0 saturated carbocycles. The molecule has 0 fully saturated rings. The van der Waals surface area contributed by atoms with Crippen LogP contribution in [0.25, 0.3) is 0 Å². The zero-order chi connectivity index (χ0) is 13.8. The van der Waals surface area contributed by atoms with E-state index in [1.165, 1.54) is 18.5 Å². The van der Waals surface area contributed by atoms with E-state index in [1.807, 2.05) is 19.9 Å². The van der Waals surface area contributed by atoms with Crippen LogP contribution in [-0.2, 0) is 6.54 Å². The second-order valence-corrected chi connectivity index (χ2v) is 4.92. The number of aromatic nitrogens is 2. The number of nitrogens with one attached hydrogen (secondary N) is 1. The van der Waals surface area contributed by atoms with Crippen LogP contribution in [0.5, 0.6) is 0 Å². The highest BCUT2D eigenvalue weighted by Gasteiger charge is 2.13. The summed E-state index contributed by atoms with van der Waals surface area (Å²) in [7, 11) is 0. The first-order valence-corrected chi connectivity index (χ1v) is 6.44. The minimum atomic E-state index is -0.246. The number of anilines is 1. The van der Waals surface area contributed by atoms with E-state index < -0.39 is 0 Å². The second kappa shape index (κ2) is 5.97. The van der Waals surface area contributed by atoms with E-state index in [0.717, 1.165) is 11.1 Å². The summed E-state index contributed by atoms with van der Waals surface area (Å²) in [6, 6.07) is 6.45. The topological polar surface area (TPSA) is 37.8 Å². The van der Waals surface area contributed by atoms with E-state index in [-0.39, 0.29) is 11.7 Å². The fraction of sp³-hybridized carbons (Fsp3) is 0.286. The van der Waals surface area contributed by atoms with E-state index in [4.69, 9.17) is 11.6 Å². The molecule has 0 radical (unpaired) electrons. The molecular weight excluding hydrogens is 265 g/mol. The van der Waals surface area contributed by atoms with Gasteiger partial charge in [0.25, 0.3) is 0 Å². The minimum absolute atomic E-state index is 0.212. The highest BCUT2D eigenvalue weighted by atomic mass is 35.5. The normalized spacial score (nSPS) is 10.8. The zero-order valence-electron chi connectivity index (χ0n) is 10.8. The maximum atomic E-state index is 13.1. The number of hydrogen-bond donors (Lipinski definition) is 1. The van der Waals surface area contributed by atoms with Gasteiger partial charge in [-0.25, -0.2) is 14.4 Å². The number of hydrogen-bond acceptors (Lipinski definition) is 3. The van der Waals surface area contributed by atoms with Crippen LogP contribution in [0.1, 0.15) is 30.9 Å². The van der Waals surface area contributed by atoms with Gasteiger partial charge in [-0.1, -0.05) is 37.6 Å². The largest absolute Gasteiger partial charge is 0.366 e. The van der Waals surface area contributed by atoms with Gasteiger partial charge in [-0.3, -0.25) is 0 Å². The predicted octanol–water partition coefficient (Wildman–Crippen LogP) is 4.00. The molecule has 1 N–H and O–H groups in total. The van der Waals surface area contributed by atoms with Crippen molar-refractivity contribution in [1.29, 1.82) is 0 Å². The summed E-state index contributed by atoms with van der Waals surface area (Å²) in [5.74, 6) is 0.659. The Kier molecular flexibility index (Phi) is 4.32. The monoisotopic (exact) mass is 279 g/mol. The summed E-state index contributed by atoms with van der Waals surface area (Å²) in [5.41, 5.74) is 1.73. The van der Waals surface area contributed by atoms with Crippen molar-refractivity contribution in [3.8, 4) is 0 Å². The van der Waals surface area contributed by atoms with Crippen molar-refractivity contribution in [3.05, 3.63) is 52.7 Å². The predicted molar refractivity (Wildman–Crippen MR) is 74.9 cm³/mol. The molecule has 19 heavy (non-hydrogen) atoms. The molecule has 1 heterocycles. The Morgan fingerprint density at radius 1 is 1.32 bits per heavy atom. The van der Waals surface area contributed by atoms with Crippen molar-refractivity contribution < 1.29 is 4.39 Å². The molecule has 2 rings (SSSR count). The fourth-order valence-electron chi connectivity index (χ4n) is 1.86. The van der Waals surface area contributed by atoms with Crippen LogP contribution in [0.15, 0.2) is 30.6 Å². The summed E-state index contributed by atoms with van der Waals surface area (Å²) in [6.45, 7) is 4.54. The van der Waals surface area contributed by atoms with Crippen molar-refractivity contribution in [1.82, 2.24) is 9.97 Å². The lowest BCUT2D eigenvalue weighted by Gasteiger charge is -2.14. The van der Waals surface area contributed by atoms with Crippen LogP contribution < -0.4 is 5.32 Å². The van der Waals surface area contributed by atoms with E-state index in [2.05, 4.69) is 15.3 Å². The van der Waals surface area contributed by atoms with Crippen molar-refractivity contribution in [2.45, 2.75) is 26.3 Å². The van der Waals surface area contributed by atoms with Crippen LogP contribution in [0.2, 0.25) is 5.15 Å². The van der Waals surface area contributed by atoms with Gasteiger partial charge in [0.2, 0.25) is 0 Å². The van der Waals surface area contributed by atoms with Gasteiger partial charge in [0.05, 0.1) is 0 Å². The number of halogens is 2. The van der Waals surface area contributed by atoms with Crippen LogP contribution in [0.3, 0.4) is 0 Å². The summed E-state index contributed by atoms with van der Waals surface area (Å²) in [5, 5.41) is 3.63. The minimum Gasteiger partial charge on any atom is -0.366 e. The highest BCUT2D eigenvalue weighted by molar-refractivity contribution is 6.30. The van der Waals surface area contributed by atoms with E-state index >= 15 is 0 Å². The summed E-state index contributed by atoms with van der Waals surface area (Å²) in [4.78, 5) is 8.18. The number of rotatable bonds is 4. The Morgan fingerprint density at radius 3 is 2.79 bits per heavy atom. The summed E-state index contributed by atoms with van der Waals surface area (Å²) in [6.07, 6.45) is 1.42. The second-order valence-electron chi connectivity index (χ2n) is 4.56. The van der Waals surface area contributed by atoms with Crippen molar-refractivity contribution in [3.63, 3.8) is 0 Å². The molecule has 1 aromatic heterocycles. The quantitative estimate of drug-likeness (QED) is 0.860. The number of benzene rings is 1. The molecule has 0 aliphatic heterocycles. The molecule has 0 aliphatic rings. The molecule has 3 nitrogen and oxygen atoms in total. The van der Waals surface area contributed by atoms with E-state index in [1.54, 1.807) is 6.07 Å². The molecule has 100 valence electrons. The van der Waals surface area contributed by atoms with E-state index in [9.17, 15) is 4.39 Å². The maximum absolute atomic E-state index is 13.1. The molecule has 0 saturated heterocycles. The van der Waals surface area contributed by atoms with Gasteiger partial charge in [-0.05, 0) is 23.6 Å². The van der Waals surface area contributed by atoms with E-state index in [0.29, 0.717) is 17.5 Å². The van der Waals surface area contributed by atoms with Gasteiger partial charge in [-0.2, -0.15) is 0 Å². The Labute approximate surface area is 116 Å². The number of nitrogens with zero attached hydrogens (tertiary/aromatic N) is 2. The lowest BCUT2D eigenvalue weighted by molar-refractivity contribution is 0.626. The van der Waals surface area contributed by atoms with Crippen molar-refractivity contribution in [2.75, 3.05) is 5.32 Å². The van der Waals surface area contributed by atoms with Crippen LogP contribution in [-0.4, -0.2) is 9.97 Å². The van der Waals surface area contributed by atoms with Crippen LogP contribution >= 0.6 is 11.6 Å². The third kappa shape index (κ3) is 3.41. The molecular formula is C14H15ClFN3. The van der Waals surface area contributed by atoms with Crippen LogP contribution in [0.4, 0.5) is 10.2 Å². The van der Waals surface area contributed by atoms with Crippen LogP contribution in [0, 0.1) is 5.82 Å². The van der Waals surface area contributed by atoms with Gasteiger partial charge in [-0.15, -0.1) is 0 Å². The standard InChI is InChI=1S/C14H15ClFN3/c1-9(2)12-13(15)18-8-19-14(12)17-7-10-4-3-5-11(16)6-10/h3-6,8-9H,7H2,1-2H3,(H,17,18,19). The molecule has 0 atom stereocenters. The summed E-state index contributed by atoms with van der Waals surface area (Å²) >= 11 is 6.08. The molecule has 0 spiro atoms. The summed E-state index contributed by atoms with van der Waals surface area (Å²) < 4.78 is 13.1. The lowest BCUT2D eigenvalue weighted by atomic mass is 10.1. The molecule has 0 amide bonds. The van der Waals surface area contributed by atoms with Gasteiger partial charge in [0.1, 0.15) is 23.1 Å². The fourth-order valence-corrected chi connectivity index (χ4v) is 2.21. The van der Waals surface area contributed by atoms with Gasteiger partial charge in [0, 0.05) is 12.1 Å². The van der Waals surface area contributed by atoms with Gasteiger partial charge < -0.3 is 5.32 Å². The first-order chi connectivity index (χ1) is 9.08. The Balaban J connectivity index is 2.18. The highest BCUT2D eigenvalue weighted by Crippen LogP contribution is 2.28. The Bertz CT molecular complexity index is 572. The SMILES string of the molecule is CC(C)c1c(Cl)ncnc1NCc1cccc(F)c1. The average Bonchev–Trinajstić information content (AvgIpc) is 2.36. The maximum Gasteiger partial charge on any atom is 0.138 e. The first kappa shape index (κ1) is 13.7. The molecule has 5 heteroatoms. The molecule has 2 aromatic rings. The third-order valence-electron chi connectivity index (χ3n) is 2.76. The van der Waals surface area contributed by atoms with Crippen molar-refractivity contribution in [2.24, 2.45) is 0 Å². The molecule has 0 unspecified atom stereocenters. The first-order valence-electron chi connectivity index (χ1n) is 6.06.